The van der Waals surface area contributed by atoms with Crippen LogP contribution in [-0.2, 0) is 0 Å². The van der Waals surface area contributed by atoms with Crippen molar-refractivity contribution >= 4 is 59.5 Å². The van der Waals surface area contributed by atoms with E-state index >= 15 is 0 Å². The Labute approximate surface area is 125 Å². The molecule has 17 heavy (non-hydrogen) atoms. The van der Waals surface area contributed by atoms with Crippen LogP contribution in [0.3, 0.4) is 0 Å². The van der Waals surface area contributed by atoms with Crippen LogP contribution in [0.15, 0.2) is 25.6 Å². The van der Waals surface area contributed by atoms with Crippen LogP contribution in [0.2, 0.25) is 0 Å². The number of anilines is 1. The number of rotatable bonds is 2. The van der Waals surface area contributed by atoms with E-state index in [0.717, 1.165) is 31.9 Å². The van der Waals surface area contributed by atoms with E-state index in [4.69, 9.17) is 0 Å². The first-order valence-corrected chi connectivity index (χ1v) is 7.66. The summed E-state index contributed by atoms with van der Waals surface area (Å²) < 4.78 is 2.62. The van der Waals surface area contributed by atoms with Crippen LogP contribution in [0.4, 0.5) is 10.5 Å². The summed E-state index contributed by atoms with van der Waals surface area (Å²) in [5, 5.41) is 5.77. The van der Waals surface area contributed by atoms with Gasteiger partial charge in [-0.25, -0.2) is 4.79 Å². The van der Waals surface area contributed by atoms with Crippen molar-refractivity contribution in [3.05, 3.63) is 25.6 Å². The molecule has 0 heterocycles. The average Bonchev–Trinajstić information content (AvgIpc) is 2.17. The minimum atomic E-state index is -0.154. The number of carbonyl (C=O) groups excluding carboxylic acids is 1. The topological polar surface area (TPSA) is 41.1 Å². The van der Waals surface area contributed by atoms with Crippen LogP contribution in [0.25, 0.3) is 0 Å². The highest BCUT2D eigenvalue weighted by Crippen LogP contribution is 2.34. The molecular weight excluding hydrogens is 416 g/mol. The fourth-order valence-electron chi connectivity index (χ4n) is 1.55. The van der Waals surface area contributed by atoms with Gasteiger partial charge in [0, 0.05) is 19.5 Å². The molecule has 0 radical (unpaired) electrons. The molecule has 1 aromatic rings. The van der Waals surface area contributed by atoms with E-state index in [1.54, 1.807) is 0 Å². The summed E-state index contributed by atoms with van der Waals surface area (Å²) in [4.78, 5) is 11.7. The maximum atomic E-state index is 11.7. The molecule has 1 saturated carbocycles. The molecule has 2 rings (SSSR count). The number of benzene rings is 1. The van der Waals surface area contributed by atoms with Crippen LogP contribution >= 0.6 is 47.8 Å². The van der Waals surface area contributed by atoms with Crippen molar-refractivity contribution in [3.63, 3.8) is 0 Å². The monoisotopic (exact) mass is 424 g/mol. The van der Waals surface area contributed by atoms with Gasteiger partial charge in [-0.05, 0) is 63.3 Å². The first-order valence-electron chi connectivity index (χ1n) is 5.28. The van der Waals surface area contributed by atoms with Gasteiger partial charge in [-0.15, -0.1) is 0 Å². The Bertz CT molecular complexity index is 423. The number of urea groups is 1. The standard InChI is InChI=1S/C11H11Br3N2O/c12-6-4-8(13)10(9(14)5-6)16-11(17)15-7-2-1-3-7/h4-5,7H,1-3H2,(H2,15,16,17). The van der Waals surface area contributed by atoms with Crippen molar-refractivity contribution in [1.29, 1.82) is 0 Å². The number of hydrogen-bond donors (Lipinski definition) is 2. The molecule has 3 nitrogen and oxygen atoms in total. The minimum Gasteiger partial charge on any atom is -0.335 e. The molecule has 0 aromatic heterocycles. The first kappa shape index (κ1) is 13.4. The molecule has 6 heteroatoms. The largest absolute Gasteiger partial charge is 0.335 e. The normalized spacial score (nSPS) is 15.2. The van der Waals surface area contributed by atoms with E-state index in [1.165, 1.54) is 6.42 Å². The maximum absolute atomic E-state index is 11.7. The first-order chi connectivity index (χ1) is 8.06. The second-order valence-corrected chi connectivity index (χ2v) is 6.60. The molecule has 92 valence electrons. The Morgan fingerprint density at radius 2 is 1.76 bits per heavy atom. The van der Waals surface area contributed by atoms with Gasteiger partial charge < -0.3 is 10.6 Å². The molecule has 0 atom stereocenters. The summed E-state index contributed by atoms with van der Waals surface area (Å²) >= 11 is 10.2. The molecule has 1 aliphatic carbocycles. The van der Waals surface area contributed by atoms with Gasteiger partial charge in [-0.3, -0.25) is 0 Å². The highest BCUT2D eigenvalue weighted by atomic mass is 79.9. The van der Waals surface area contributed by atoms with Crippen LogP contribution in [0.5, 0.6) is 0 Å². The number of halogens is 3. The number of hydrogen-bond acceptors (Lipinski definition) is 1. The number of nitrogens with one attached hydrogen (secondary N) is 2. The van der Waals surface area contributed by atoms with Gasteiger partial charge >= 0.3 is 6.03 Å². The van der Waals surface area contributed by atoms with Crippen LogP contribution in [-0.4, -0.2) is 12.1 Å². The van der Waals surface area contributed by atoms with E-state index in [-0.39, 0.29) is 6.03 Å². The van der Waals surface area contributed by atoms with Gasteiger partial charge in [0.2, 0.25) is 0 Å². The lowest BCUT2D eigenvalue weighted by atomic mass is 9.93. The molecule has 0 aliphatic heterocycles. The highest BCUT2D eigenvalue weighted by molar-refractivity contribution is 9.11. The third-order valence-electron chi connectivity index (χ3n) is 2.69. The zero-order valence-corrected chi connectivity index (χ0v) is 13.7. The molecule has 0 unspecified atom stereocenters. The smallest absolute Gasteiger partial charge is 0.319 e. The van der Waals surface area contributed by atoms with Crippen LogP contribution < -0.4 is 10.6 Å². The lowest BCUT2D eigenvalue weighted by Gasteiger charge is -2.26. The minimum absolute atomic E-state index is 0.154. The zero-order chi connectivity index (χ0) is 12.4. The van der Waals surface area contributed by atoms with Crippen molar-refractivity contribution in [2.45, 2.75) is 25.3 Å². The van der Waals surface area contributed by atoms with Crippen molar-refractivity contribution in [1.82, 2.24) is 5.32 Å². The Morgan fingerprint density at radius 1 is 1.18 bits per heavy atom. The SMILES string of the molecule is O=C(Nc1c(Br)cc(Br)cc1Br)NC1CCC1. The average molecular weight is 427 g/mol. The zero-order valence-electron chi connectivity index (χ0n) is 8.90. The quantitative estimate of drug-likeness (QED) is 0.710. The Morgan fingerprint density at radius 3 is 2.24 bits per heavy atom. The van der Waals surface area contributed by atoms with Gasteiger partial charge in [0.15, 0.2) is 0 Å². The molecular formula is C11H11Br3N2O. The van der Waals surface area contributed by atoms with E-state index in [1.807, 2.05) is 12.1 Å². The summed E-state index contributed by atoms with van der Waals surface area (Å²) in [6.07, 6.45) is 3.36. The van der Waals surface area contributed by atoms with Crippen LogP contribution in [0.1, 0.15) is 19.3 Å². The summed E-state index contributed by atoms with van der Waals surface area (Å²) in [5.74, 6) is 0. The van der Waals surface area contributed by atoms with Crippen molar-refractivity contribution in [2.24, 2.45) is 0 Å². The van der Waals surface area contributed by atoms with Gasteiger partial charge in [0.1, 0.15) is 0 Å². The van der Waals surface area contributed by atoms with Crippen LogP contribution in [0, 0.1) is 0 Å². The van der Waals surface area contributed by atoms with Gasteiger partial charge in [-0.1, -0.05) is 15.9 Å². The van der Waals surface area contributed by atoms with Gasteiger partial charge in [-0.2, -0.15) is 0 Å². The van der Waals surface area contributed by atoms with E-state index in [0.29, 0.717) is 6.04 Å². The third-order valence-corrected chi connectivity index (χ3v) is 4.39. The van der Waals surface area contributed by atoms with Gasteiger partial charge in [0.05, 0.1) is 5.69 Å². The Balaban J connectivity index is 2.04. The van der Waals surface area contributed by atoms with E-state index < -0.39 is 0 Å². The highest BCUT2D eigenvalue weighted by Gasteiger charge is 2.20. The second kappa shape index (κ2) is 5.71. The molecule has 1 aliphatic rings. The second-order valence-electron chi connectivity index (χ2n) is 3.97. The predicted molar refractivity (Wildman–Crippen MR) is 79.3 cm³/mol. The summed E-state index contributed by atoms with van der Waals surface area (Å²) in [6.45, 7) is 0. The molecule has 2 amide bonds. The molecule has 2 N–H and O–H groups in total. The lowest BCUT2D eigenvalue weighted by Crippen LogP contribution is -2.41. The lowest BCUT2D eigenvalue weighted by molar-refractivity contribution is 0.240. The molecule has 0 saturated heterocycles. The summed E-state index contributed by atoms with van der Waals surface area (Å²) in [7, 11) is 0. The maximum Gasteiger partial charge on any atom is 0.319 e. The molecule has 1 fully saturated rings. The molecule has 0 bridgehead atoms. The van der Waals surface area contributed by atoms with E-state index in [9.17, 15) is 4.79 Å². The summed E-state index contributed by atoms with van der Waals surface area (Å²) in [6, 6.07) is 3.97. The fraction of sp³-hybridized carbons (Fsp3) is 0.364. The van der Waals surface area contributed by atoms with E-state index in [2.05, 4.69) is 58.4 Å². The van der Waals surface area contributed by atoms with Gasteiger partial charge in [0.25, 0.3) is 0 Å². The Hall–Kier alpha value is -0.0700. The number of carbonyl (C=O) groups is 1. The third kappa shape index (κ3) is 3.45. The Kier molecular flexibility index (Phi) is 4.49. The molecule has 1 aromatic carbocycles. The van der Waals surface area contributed by atoms with Crippen molar-refractivity contribution in [2.75, 3.05) is 5.32 Å². The number of amides is 2. The van der Waals surface area contributed by atoms with Crippen molar-refractivity contribution in [3.8, 4) is 0 Å². The molecule has 0 spiro atoms. The van der Waals surface area contributed by atoms with Crippen molar-refractivity contribution < 1.29 is 4.79 Å². The fourth-order valence-corrected chi connectivity index (χ4v) is 4.01. The summed E-state index contributed by atoms with van der Waals surface area (Å²) in [5.41, 5.74) is 0.741. The predicted octanol–water partition coefficient (Wildman–Crippen LogP) is 4.65.